The molecule has 0 unspecified atom stereocenters. The molecule has 0 atom stereocenters. The molecule has 1 aliphatic heterocycles. The number of hydrogen-bond acceptors (Lipinski definition) is 5. The monoisotopic (exact) mass is 469 g/mol. The molecule has 0 radical (unpaired) electrons. The van der Waals surface area contributed by atoms with E-state index in [9.17, 15) is 35.2 Å². The summed E-state index contributed by atoms with van der Waals surface area (Å²) >= 11 is 1.07. The molecule has 0 N–H and O–H groups in total. The van der Waals surface area contributed by atoms with Crippen molar-refractivity contribution in [1.29, 1.82) is 0 Å². The van der Waals surface area contributed by atoms with Crippen LogP contribution in [0.5, 0.6) is 0 Å². The lowest BCUT2D eigenvalue weighted by Gasteiger charge is -2.37. The third kappa shape index (κ3) is 4.05. The molecule has 13 heteroatoms. The third-order valence-corrected chi connectivity index (χ3v) is 7.53. The van der Waals surface area contributed by atoms with E-state index in [1.807, 2.05) is 0 Å². The lowest BCUT2D eigenvalue weighted by atomic mass is 10.1. The van der Waals surface area contributed by atoms with Crippen LogP contribution in [0.1, 0.15) is 24.6 Å². The second-order valence-corrected chi connectivity index (χ2v) is 9.45. The van der Waals surface area contributed by atoms with Crippen LogP contribution in [0.25, 0.3) is 0 Å². The zero-order valence-corrected chi connectivity index (χ0v) is 17.2. The largest absolute Gasteiger partial charge is 0.343 e. The lowest BCUT2D eigenvalue weighted by Crippen LogP contribution is -2.48. The Kier molecular flexibility index (Phi) is 6.43. The molecular formula is C17H16F5N3O3S2. The molecule has 30 heavy (non-hydrogen) atoms. The molecule has 3 rings (SSSR count). The van der Waals surface area contributed by atoms with Crippen molar-refractivity contribution in [2.24, 2.45) is 0 Å². The van der Waals surface area contributed by atoms with Crippen molar-refractivity contribution in [3.8, 4) is 0 Å². The fraction of sp³-hybridized carbons (Fsp3) is 0.412. The summed E-state index contributed by atoms with van der Waals surface area (Å²) in [5.74, 6) is -12.2. The summed E-state index contributed by atoms with van der Waals surface area (Å²) < 4.78 is 96.2. The number of amides is 1. The Morgan fingerprint density at radius 2 is 1.63 bits per heavy atom. The number of likely N-dealkylation sites (tertiary alicyclic amines) is 1. The first-order valence-corrected chi connectivity index (χ1v) is 11.0. The first-order chi connectivity index (χ1) is 14.1. The quantitative estimate of drug-likeness (QED) is 0.384. The van der Waals surface area contributed by atoms with E-state index in [0.29, 0.717) is 4.88 Å². The van der Waals surface area contributed by atoms with Crippen LogP contribution in [0.4, 0.5) is 22.0 Å². The minimum absolute atomic E-state index is 0.132. The second kappa shape index (κ2) is 8.55. The molecule has 0 saturated carbocycles. The van der Waals surface area contributed by atoms with Crippen LogP contribution in [-0.2, 0) is 21.4 Å². The Labute approximate surface area is 173 Å². The third-order valence-electron chi connectivity index (χ3n) is 4.85. The standard InChI is InChI=1S/C17H16F5N3O3S2/c1-9(26)24-4-2-10(3-5-24)25(7-11-6-23-8-29-11)30(27,28)17-15(21)13(19)12(18)14(20)16(17)22/h6,8,10H,2-5,7H2,1H3. The molecule has 1 amide bonds. The molecule has 1 saturated heterocycles. The average molecular weight is 469 g/mol. The van der Waals surface area contributed by atoms with Crippen molar-refractivity contribution in [3.63, 3.8) is 0 Å². The van der Waals surface area contributed by atoms with E-state index in [1.165, 1.54) is 23.5 Å². The fourth-order valence-corrected chi connectivity index (χ4v) is 5.73. The Hall–Kier alpha value is -2.12. The molecule has 2 aromatic rings. The van der Waals surface area contributed by atoms with Gasteiger partial charge in [-0.05, 0) is 12.8 Å². The van der Waals surface area contributed by atoms with Gasteiger partial charge >= 0.3 is 0 Å². The Morgan fingerprint density at radius 1 is 1.10 bits per heavy atom. The lowest BCUT2D eigenvalue weighted by molar-refractivity contribution is -0.130. The highest BCUT2D eigenvalue weighted by atomic mass is 32.2. The van der Waals surface area contributed by atoms with Crippen LogP contribution in [0, 0.1) is 29.1 Å². The van der Waals surface area contributed by atoms with Gasteiger partial charge in [0.25, 0.3) is 0 Å². The van der Waals surface area contributed by atoms with Crippen molar-refractivity contribution < 1.29 is 35.2 Å². The van der Waals surface area contributed by atoms with Gasteiger partial charge in [-0.15, -0.1) is 11.3 Å². The van der Waals surface area contributed by atoms with Gasteiger partial charge in [-0.2, -0.15) is 4.31 Å². The normalized spacial score (nSPS) is 15.8. The van der Waals surface area contributed by atoms with Crippen LogP contribution >= 0.6 is 11.3 Å². The maximum Gasteiger partial charge on any atom is 0.249 e. The maximum absolute atomic E-state index is 14.3. The number of halogens is 5. The van der Waals surface area contributed by atoms with Crippen molar-refractivity contribution in [3.05, 3.63) is 45.7 Å². The van der Waals surface area contributed by atoms with E-state index in [0.717, 1.165) is 15.6 Å². The van der Waals surface area contributed by atoms with Crippen LogP contribution in [0.3, 0.4) is 0 Å². The fourth-order valence-electron chi connectivity index (χ4n) is 3.28. The average Bonchev–Trinajstić information content (AvgIpc) is 3.22. The molecule has 0 aliphatic carbocycles. The predicted molar refractivity (Wildman–Crippen MR) is 96.4 cm³/mol. The molecule has 0 spiro atoms. The van der Waals surface area contributed by atoms with Gasteiger partial charge in [-0.3, -0.25) is 9.78 Å². The number of benzene rings is 1. The van der Waals surface area contributed by atoms with Gasteiger partial charge in [0.2, 0.25) is 21.7 Å². The molecule has 1 aromatic carbocycles. The van der Waals surface area contributed by atoms with Crippen LogP contribution < -0.4 is 0 Å². The van der Waals surface area contributed by atoms with E-state index in [4.69, 9.17) is 0 Å². The highest BCUT2D eigenvalue weighted by molar-refractivity contribution is 7.89. The zero-order chi connectivity index (χ0) is 22.2. The maximum atomic E-state index is 14.3. The highest BCUT2D eigenvalue weighted by Crippen LogP contribution is 2.33. The van der Waals surface area contributed by atoms with Gasteiger partial charge in [0.05, 0.1) is 12.1 Å². The van der Waals surface area contributed by atoms with Gasteiger partial charge in [0.1, 0.15) is 0 Å². The number of rotatable bonds is 5. The molecule has 1 aliphatic rings. The molecule has 164 valence electrons. The first kappa shape index (κ1) is 22.6. The van der Waals surface area contributed by atoms with Crippen LogP contribution in [-0.4, -0.2) is 47.6 Å². The van der Waals surface area contributed by atoms with E-state index in [-0.39, 0.29) is 38.4 Å². The van der Waals surface area contributed by atoms with E-state index in [2.05, 4.69) is 4.98 Å². The Bertz CT molecular complexity index is 1030. The van der Waals surface area contributed by atoms with Crippen molar-refractivity contribution in [2.45, 2.75) is 37.2 Å². The Balaban J connectivity index is 2.06. The number of nitrogens with zero attached hydrogens (tertiary/aromatic N) is 3. The van der Waals surface area contributed by atoms with Crippen LogP contribution in [0.15, 0.2) is 16.6 Å². The summed E-state index contributed by atoms with van der Waals surface area (Å²) in [5.41, 5.74) is 1.41. The smallest absolute Gasteiger partial charge is 0.249 e. The van der Waals surface area contributed by atoms with Crippen LogP contribution in [0.2, 0.25) is 0 Å². The highest BCUT2D eigenvalue weighted by Gasteiger charge is 2.41. The molecule has 0 bridgehead atoms. The number of carbonyl (C=O) groups is 1. The van der Waals surface area contributed by atoms with Gasteiger partial charge in [-0.25, -0.2) is 30.4 Å². The topological polar surface area (TPSA) is 70.6 Å². The number of piperidine rings is 1. The van der Waals surface area contributed by atoms with Gasteiger partial charge < -0.3 is 4.90 Å². The predicted octanol–water partition coefficient (Wildman–Crippen LogP) is 3.04. The molecule has 6 nitrogen and oxygen atoms in total. The molecule has 1 fully saturated rings. The first-order valence-electron chi connectivity index (χ1n) is 8.71. The summed E-state index contributed by atoms with van der Waals surface area (Å²) in [6.07, 6.45) is 1.61. The zero-order valence-electron chi connectivity index (χ0n) is 15.5. The van der Waals surface area contributed by atoms with E-state index >= 15 is 0 Å². The van der Waals surface area contributed by atoms with Gasteiger partial charge in [-0.1, -0.05) is 0 Å². The summed E-state index contributed by atoms with van der Waals surface area (Å²) in [4.78, 5) is 15.3. The van der Waals surface area contributed by atoms with Crippen molar-refractivity contribution >= 4 is 27.3 Å². The van der Waals surface area contributed by atoms with Gasteiger partial charge in [0, 0.05) is 37.1 Å². The number of sulfonamides is 1. The summed E-state index contributed by atoms with van der Waals surface area (Å²) in [5, 5.41) is 0. The summed E-state index contributed by atoms with van der Waals surface area (Å²) in [7, 11) is -5.13. The molecular weight excluding hydrogens is 453 g/mol. The Morgan fingerprint density at radius 3 is 2.10 bits per heavy atom. The molecule has 2 heterocycles. The van der Waals surface area contributed by atoms with Crippen molar-refractivity contribution in [2.75, 3.05) is 13.1 Å². The van der Waals surface area contributed by atoms with E-state index < -0.39 is 50.0 Å². The van der Waals surface area contributed by atoms with Crippen molar-refractivity contribution in [1.82, 2.24) is 14.2 Å². The number of carbonyl (C=O) groups excluding carboxylic acids is 1. The SMILES string of the molecule is CC(=O)N1CCC(N(Cc2cncs2)S(=O)(=O)c2c(F)c(F)c(F)c(F)c2F)CC1. The summed E-state index contributed by atoms with van der Waals surface area (Å²) in [6.45, 7) is 1.36. The van der Waals surface area contributed by atoms with E-state index in [1.54, 1.807) is 0 Å². The number of hydrogen-bond donors (Lipinski definition) is 0. The summed E-state index contributed by atoms with van der Waals surface area (Å²) in [6, 6.07) is -0.817. The minimum Gasteiger partial charge on any atom is -0.343 e. The number of thiazole rings is 1. The molecule has 1 aromatic heterocycles. The number of aromatic nitrogens is 1. The second-order valence-electron chi connectivity index (χ2n) is 6.65. The van der Waals surface area contributed by atoms with Gasteiger partial charge in [0.15, 0.2) is 28.2 Å². The minimum atomic E-state index is -5.13.